The standard InChI is InChI=1S/C48H31NOS/c1-2-11-32(12-3-1)33-23-25-34(26-24-33)36-13-8-14-38(31-36)49(42-18-10-20-44-48(42)40-15-4-6-19-43(40)50-44)37-29-27-35(28-30-37)39-17-9-22-46-47(39)41-16-5-7-21-45(41)51-46/h1-31H. The third kappa shape index (κ3) is 5.10. The van der Waals surface area contributed by atoms with Crippen molar-refractivity contribution in [2.24, 2.45) is 0 Å². The lowest BCUT2D eigenvalue weighted by atomic mass is 9.98. The van der Waals surface area contributed by atoms with Crippen LogP contribution in [0, 0.1) is 0 Å². The minimum Gasteiger partial charge on any atom is -0.456 e. The van der Waals surface area contributed by atoms with Crippen molar-refractivity contribution in [3.63, 3.8) is 0 Å². The second-order valence-electron chi connectivity index (χ2n) is 12.9. The topological polar surface area (TPSA) is 16.4 Å². The monoisotopic (exact) mass is 669 g/mol. The van der Waals surface area contributed by atoms with Crippen LogP contribution in [0.15, 0.2) is 192 Å². The highest BCUT2D eigenvalue weighted by Crippen LogP contribution is 2.45. The fourth-order valence-corrected chi connectivity index (χ4v) is 8.62. The number of para-hydroxylation sites is 1. The van der Waals surface area contributed by atoms with E-state index in [4.69, 9.17) is 4.42 Å². The van der Waals surface area contributed by atoms with Gasteiger partial charge in [-0.15, -0.1) is 11.3 Å². The van der Waals surface area contributed by atoms with Gasteiger partial charge in [-0.25, -0.2) is 0 Å². The quantitative estimate of drug-likeness (QED) is 0.175. The molecule has 0 bridgehead atoms. The molecule has 0 aliphatic rings. The Hall–Kier alpha value is -6.42. The van der Waals surface area contributed by atoms with Crippen molar-refractivity contribution >= 4 is 70.5 Å². The summed E-state index contributed by atoms with van der Waals surface area (Å²) < 4.78 is 9.00. The number of hydrogen-bond acceptors (Lipinski definition) is 3. The molecule has 2 nitrogen and oxygen atoms in total. The van der Waals surface area contributed by atoms with Crippen LogP contribution in [-0.2, 0) is 0 Å². The van der Waals surface area contributed by atoms with Crippen LogP contribution in [0.2, 0.25) is 0 Å². The van der Waals surface area contributed by atoms with Gasteiger partial charge in [0.1, 0.15) is 11.2 Å². The maximum Gasteiger partial charge on any atom is 0.137 e. The van der Waals surface area contributed by atoms with Crippen molar-refractivity contribution in [3.05, 3.63) is 188 Å². The second kappa shape index (κ2) is 12.2. The number of nitrogens with zero attached hydrogens (tertiary/aromatic N) is 1. The molecule has 0 aliphatic carbocycles. The van der Waals surface area contributed by atoms with Gasteiger partial charge in [0.15, 0.2) is 0 Å². The van der Waals surface area contributed by atoms with Crippen LogP contribution in [0.1, 0.15) is 0 Å². The number of fused-ring (bicyclic) bond motifs is 6. The van der Waals surface area contributed by atoms with Crippen LogP contribution in [-0.4, -0.2) is 0 Å². The molecule has 0 unspecified atom stereocenters. The molecule has 3 heteroatoms. The maximum absolute atomic E-state index is 6.38. The summed E-state index contributed by atoms with van der Waals surface area (Å²) in [6.07, 6.45) is 0. The third-order valence-electron chi connectivity index (χ3n) is 9.89. The van der Waals surface area contributed by atoms with Gasteiger partial charge >= 0.3 is 0 Å². The summed E-state index contributed by atoms with van der Waals surface area (Å²) >= 11 is 1.86. The first-order valence-electron chi connectivity index (χ1n) is 17.3. The summed E-state index contributed by atoms with van der Waals surface area (Å²) in [5, 5.41) is 4.84. The van der Waals surface area contributed by atoms with E-state index in [0.29, 0.717) is 0 Å². The fourth-order valence-electron chi connectivity index (χ4n) is 7.49. The molecule has 0 aliphatic heterocycles. The van der Waals surface area contributed by atoms with Crippen molar-refractivity contribution in [3.8, 4) is 33.4 Å². The summed E-state index contributed by atoms with van der Waals surface area (Å²) in [5.74, 6) is 0. The van der Waals surface area contributed by atoms with Gasteiger partial charge in [0.2, 0.25) is 0 Å². The molecule has 51 heavy (non-hydrogen) atoms. The van der Waals surface area contributed by atoms with Crippen molar-refractivity contribution in [2.45, 2.75) is 0 Å². The minimum absolute atomic E-state index is 0.874. The van der Waals surface area contributed by atoms with Gasteiger partial charge in [0.05, 0.1) is 11.1 Å². The molecule has 10 rings (SSSR count). The van der Waals surface area contributed by atoms with Gasteiger partial charge in [-0.2, -0.15) is 0 Å². The van der Waals surface area contributed by atoms with Crippen LogP contribution in [0.3, 0.4) is 0 Å². The third-order valence-corrected chi connectivity index (χ3v) is 11.0. The van der Waals surface area contributed by atoms with Gasteiger partial charge in [-0.1, -0.05) is 133 Å². The Kier molecular flexibility index (Phi) is 7.04. The number of rotatable bonds is 6. The average Bonchev–Trinajstić information content (AvgIpc) is 3.78. The zero-order chi connectivity index (χ0) is 33.7. The lowest BCUT2D eigenvalue weighted by Gasteiger charge is -2.27. The summed E-state index contributed by atoms with van der Waals surface area (Å²) in [6.45, 7) is 0. The predicted octanol–water partition coefficient (Wildman–Crippen LogP) is 14.4. The average molecular weight is 670 g/mol. The SMILES string of the molecule is c1ccc(-c2ccc(-c3cccc(N(c4ccc(-c5cccc6sc7ccccc7c56)cc4)c4cccc5oc6ccccc6c45)c3)cc2)cc1. The summed E-state index contributed by atoms with van der Waals surface area (Å²) in [4.78, 5) is 2.37. The van der Waals surface area contributed by atoms with E-state index < -0.39 is 0 Å². The normalized spacial score (nSPS) is 11.5. The van der Waals surface area contributed by atoms with E-state index in [1.165, 1.54) is 48.0 Å². The summed E-state index contributed by atoms with van der Waals surface area (Å²) in [5.41, 5.74) is 12.2. The smallest absolute Gasteiger partial charge is 0.137 e. The molecule has 0 radical (unpaired) electrons. The fraction of sp³-hybridized carbons (Fsp3) is 0. The van der Waals surface area contributed by atoms with Crippen molar-refractivity contribution in [2.75, 3.05) is 4.90 Å². The molecule has 0 fully saturated rings. The number of furan rings is 1. The number of benzene rings is 8. The van der Waals surface area contributed by atoms with Crippen molar-refractivity contribution in [1.82, 2.24) is 0 Å². The van der Waals surface area contributed by atoms with Gasteiger partial charge in [-0.3, -0.25) is 0 Å². The van der Waals surface area contributed by atoms with Gasteiger partial charge < -0.3 is 9.32 Å². The summed E-state index contributed by atoms with van der Waals surface area (Å²) in [6, 6.07) is 67.4. The van der Waals surface area contributed by atoms with E-state index in [2.05, 4.69) is 181 Å². The molecule has 0 saturated carbocycles. The first kappa shape index (κ1) is 29.5. The van der Waals surface area contributed by atoms with E-state index in [0.717, 1.165) is 44.6 Å². The summed E-state index contributed by atoms with van der Waals surface area (Å²) in [7, 11) is 0. The molecule has 8 aromatic carbocycles. The molecular formula is C48H31NOS. The highest BCUT2D eigenvalue weighted by molar-refractivity contribution is 7.25. The first-order chi connectivity index (χ1) is 25.3. The zero-order valence-corrected chi connectivity index (χ0v) is 28.5. The van der Waals surface area contributed by atoms with E-state index in [1.54, 1.807) is 0 Å². The number of thiophene rings is 1. The van der Waals surface area contributed by atoms with Crippen molar-refractivity contribution < 1.29 is 4.42 Å². The van der Waals surface area contributed by atoms with E-state index in [1.807, 2.05) is 23.5 Å². The lowest BCUT2D eigenvalue weighted by Crippen LogP contribution is -2.10. The van der Waals surface area contributed by atoms with Gasteiger partial charge in [0, 0.05) is 36.9 Å². The van der Waals surface area contributed by atoms with Crippen LogP contribution >= 0.6 is 11.3 Å². The molecule has 0 spiro atoms. The highest BCUT2D eigenvalue weighted by Gasteiger charge is 2.20. The van der Waals surface area contributed by atoms with Gasteiger partial charge in [-0.05, 0) is 88.0 Å². The van der Waals surface area contributed by atoms with Crippen LogP contribution in [0.4, 0.5) is 17.1 Å². The van der Waals surface area contributed by atoms with E-state index >= 15 is 0 Å². The molecule has 2 heterocycles. The van der Waals surface area contributed by atoms with Gasteiger partial charge in [0.25, 0.3) is 0 Å². The maximum atomic E-state index is 6.38. The van der Waals surface area contributed by atoms with E-state index in [-0.39, 0.29) is 0 Å². The molecule has 0 amide bonds. The Morgan fingerprint density at radius 2 is 0.980 bits per heavy atom. The number of hydrogen-bond donors (Lipinski definition) is 0. The Morgan fingerprint density at radius 3 is 1.82 bits per heavy atom. The van der Waals surface area contributed by atoms with Crippen LogP contribution in [0.25, 0.3) is 75.5 Å². The molecule has 0 saturated heterocycles. The van der Waals surface area contributed by atoms with Crippen LogP contribution in [0.5, 0.6) is 0 Å². The predicted molar refractivity (Wildman–Crippen MR) is 218 cm³/mol. The Morgan fingerprint density at radius 1 is 0.373 bits per heavy atom. The Balaban J connectivity index is 1.12. The molecule has 240 valence electrons. The van der Waals surface area contributed by atoms with Crippen LogP contribution < -0.4 is 4.90 Å². The zero-order valence-electron chi connectivity index (χ0n) is 27.7. The molecular weight excluding hydrogens is 639 g/mol. The van der Waals surface area contributed by atoms with Crippen molar-refractivity contribution in [1.29, 1.82) is 0 Å². The molecule has 0 N–H and O–H groups in total. The minimum atomic E-state index is 0.874. The molecule has 10 aromatic rings. The lowest BCUT2D eigenvalue weighted by molar-refractivity contribution is 0.669. The molecule has 2 aromatic heterocycles. The number of anilines is 3. The second-order valence-corrected chi connectivity index (χ2v) is 14.0. The largest absolute Gasteiger partial charge is 0.456 e. The van der Waals surface area contributed by atoms with E-state index in [9.17, 15) is 0 Å². The highest BCUT2D eigenvalue weighted by atomic mass is 32.1. The first-order valence-corrected chi connectivity index (χ1v) is 18.1. The Labute approximate surface area is 300 Å². The molecule has 0 atom stereocenters. The Bertz CT molecular complexity index is 2850.